The minimum Gasteiger partial charge on any atom is -0.464 e. The molecule has 120 valence electrons. The highest BCUT2D eigenvalue weighted by atomic mass is 32.1. The van der Waals surface area contributed by atoms with Crippen LogP contribution in [0.4, 0.5) is 0 Å². The van der Waals surface area contributed by atoms with E-state index in [-0.39, 0.29) is 6.61 Å². The lowest BCUT2D eigenvalue weighted by Crippen LogP contribution is -2.40. The van der Waals surface area contributed by atoms with Gasteiger partial charge in [0.15, 0.2) is 0 Å². The van der Waals surface area contributed by atoms with Gasteiger partial charge in [-0.15, -0.1) is 11.3 Å². The zero-order valence-electron chi connectivity index (χ0n) is 13.1. The molecule has 0 aliphatic heterocycles. The molecule has 0 aromatic carbocycles. The standard InChI is InChI=1S/C15H20N2O4S/c1-8(2)5-6-21-14(19)10(4)17-13(18)11-7-9(3)22-12(11)16-15(17)20/h7-8,10H,5-6H2,1-4H3,(H,16,20). The number of rotatable bonds is 5. The van der Waals surface area contributed by atoms with Crippen molar-refractivity contribution in [1.82, 2.24) is 9.55 Å². The normalized spacial score (nSPS) is 12.8. The first-order valence-corrected chi connectivity index (χ1v) is 8.04. The number of esters is 1. The van der Waals surface area contributed by atoms with E-state index in [1.807, 2.05) is 20.8 Å². The lowest BCUT2D eigenvalue weighted by Gasteiger charge is -2.14. The molecule has 1 unspecified atom stereocenters. The summed E-state index contributed by atoms with van der Waals surface area (Å²) in [5, 5.41) is 0.420. The summed E-state index contributed by atoms with van der Waals surface area (Å²) in [4.78, 5) is 40.7. The number of aryl methyl sites for hydroxylation is 1. The highest BCUT2D eigenvalue weighted by molar-refractivity contribution is 7.18. The number of ether oxygens (including phenoxy) is 1. The third-order valence-electron chi connectivity index (χ3n) is 3.41. The molecular formula is C15H20N2O4S. The molecule has 0 spiro atoms. The van der Waals surface area contributed by atoms with Crippen molar-refractivity contribution in [2.75, 3.05) is 6.61 Å². The van der Waals surface area contributed by atoms with Crippen LogP contribution in [0.15, 0.2) is 15.7 Å². The summed E-state index contributed by atoms with van der Waals surface area (Å²) in [6, 6.07) is 0.763. The van der Waals surface area contributed by atoms with Crippen LogP contribution in [0, 0.1) is 12.8 Å². The molecule has 2 heterocycles. The van der Waals surface area contributed by atoms with E-state index in [1.54, 1.807) is 6.07 Å². The average molecular weight is 324 g/mol. The highest BCUT2D eigenvalue weighted by Gasteiger charge is 2.22. The van der Waals surface area contributed by atoms with Gasteiger partial charge in [0.25, 0.3) is 5.56 Å². The smallest absolute Gasteiger partial charge is 0.330 e. The monoisotopic (exact) mass is 324 g/mol. The Morgan fingerprint density at radius 3 is 2.68 bits per heavy atom. The molecule has 22 heavy (non-hydrogen) atoms. The minimum absolute atomic E-state index is 0.285. The molecule has 0 amide bonds. The van der Waals surface area contributed by atoms with Gasteiger partial charge in [0, 0.05) is 4.88 Å². The molecule has 2 rings (SSSR count). The van der Waals surface area contributed by atoms with Crippen LogP contribution < -0.4 is 11.2 Å². The Morgan fingerprint density at radius 1 is 1.36 bits per heavy atom. The molecular weight excluding hydrogens is 304 g/mol. The third-order valence-corrected chi connectivity index (χ3v) is 4.38. The molecule has 0 saturated carbocycles. The van der Waals surface area contributed by atoms with Crippen molar-refractivity contribution in [3.05, 3.63) is 31.8 Å². The van der Waals surface area contributed by atoms with Crippen molar-refractivity contribution in [3.8, 4) is 0 Å². The number of fused-ring (bicyclic) bond motifs is 1. The average Bonchev–Trinajstić information content (AvgIpc) is 2.78. The van der Waals surface area contributed by atoms with Crippen LogP contribution in [0.25, 0.3) is 10.2 Å². The van der Waals surface area contributed by atoms with Crippen LogP contribution >= 0.6 is 11.3 Å². The van der Waals surface area contributed by atoms with Crippen LogP contribution in [-0.4, -0.2) is 22.1 Å². The predicted molar refractivity (Wildman–Crippen MR) is 86.6 cm³/mol. The van der Waals surface area contributed by atoms with Gasteiger partial charge in [-0.2, -0.15) is 0 Å². The minimum atomic E-state index is -0.951. The van der Waals surface area contributed by atoms with Gasteiger partial charge in [0.1, 0.15) is 10.9 Å². The fourth-order valence-electron chi connectivity index (χ4n) is 2.12. The number of hydrogen-bond acceptors (Lipinski definition) is 5. The van der Waals surface area contributed by atoms with Crippen LogP contribution in [0.5, 0.6) is 0 Å². The molecule has 0 saturated heterocycles. The zero-order valence-corrected chi connectivity index (χ0v) is 14.0. The number of thiophene rings is 1. The summed E-state index contributed by atoms with van der Waals surface area (Å²) in [6.07, 6.45) is 0.743. The van der Waals surface area contributed by atoms with E-state index >= 15 is 0 Å². The fourth-order valence-corrected chi connectivity index (χ4v) is 3.01. The van der Waals surface area contributed by atoms with E-state index in [4.69, 9.17) is 4.74 Å². The Hall–Kier alpha value is -1.89. The van der Waals surface area contributed by atoms with Crippen molar-refractivity contribution >= 4 is 27.5 Å². The van der Waals surface area contributed by atoms with Crippen molar-refractivity contribution in [3.63, 3.8) is 0 Å². The Bertz CT molecular complexity index is 800. The van der Waals surface area contributed by atoms with Crippen LogP contribution in [0.1, 0.15) is 38.1 Å². The van der Waals surface area contributed by atoms with E-state index in [1.165, 1.54) is 18.3 Å². The molecule has 0 fully saturated rings. The van der Waals surface area contributed by atoms with Crippen molar-refractivity contribution < 1.29 is 9.53 Å². The molecule has 0 radical (unpaired) electrons. The zero-order chi connectivity index (χ0) is 16.4. The van der Waals surface area contributed by atoms with Crippen LogP contribution in [0.2, 0.25) is 0 Å². The number of aromatic nitrogens is 2. The van der Waals surface area contributed by atoms with E-state index in [0.29, 0.717) is 16.1 Å². The van der Waals surface area contributed by atoms with Gasteiger partial charge in [-0.25, -0.2) is 14.2 Å². The lowest BCUT2D eigenvalue weighted by atomic mass is 10.1. The second-order valence-corrected chi connectivity index (χ2v) is 6.99. The Morgan fingerprint density at radius 2 is 2.05 bits per heavy atom. The van der Waals surface area contributed by atoms with Crippen LogP contribution in [0.3, 0.4) is 0 Å². The van der Waals surface area contributed by atoms with Crippen molar-refractivity contribution in [2.24, 2.45) is 5.92 Å². The summed E-state index contributed by atoms with van der Waals surface area (Å²) >= 11 is 1.34. The van der Waals surface area contributed by atoms with E-state index < -0.39 is 23.3 Å². The third kappa shape index (κ3) is 3.30. The van der Waals surface area contributed by atoms with Gasteiger partial charge in [0.2, 0.25) is 0 Å². The lowest BCUT2D eigenvalue weighted by molar-refractivity contribution is -0.147. The molecule has 1 atom stereocenters. The first kappa shape index (κ1) is 16.5. The number of hydrogen-bond donors (Lipinski definition) is 1. The van der Waals surface area contributed by atoms with Gasteiger partial charge in [-0.05, 0) is 32.3 Å². The van der Waals surface area contributed by atoms with Gasteiger partial charge < -0.3 is 4.74 Å². The summed E-state index contributed by atoms with van der Waals surface area (Å²) in [5.74, 6) is -0.154. The summed E-state index contributed by atoms with van der Waals surface area (Å²) in [5.41, 5.74) is -1.05. The molecule has 7 heteroatoms. The number of nitrogens with zero attached hydrogens (tertiary/aromatic N) is 1. The molecule has 6 nitrogen and oxygen atoms in total. The van der Waals surface area contributed by atoms with Crippen LogP contribution in [-0.2, 0) is 9.53 Å². The number of carbonyl (C=O) groups is 1. The number of aromatic amines is 1. The number of nitrogens with one attached hydrogen (secondary N) is 1. The molecule has 1 N–H and O–H groups in total. The summed E-state index contributed by atoms with van der Waals surface area (Å²) in [7, 11) is 0. The molecule has 0 aliphatic carbocycles. The first-order chi connectivity index (χ1) is 10.3. The van der Waals surface area contributed by atoms with Crippen molar-refractivity contribution in [1.29, 1.82) is 0 Å². The molecule has 2 aromatic rings. The topological polar surface area (TPSA) is 81.2 Å². The number of H-pyrrole nitrogens is 1. The summed E-state index contributed by atoms with van der Waals surface area (Å²) in [6.45, 7) is 7.70. The van der Waals surface area contributed by atoms with E-state index in [9.17, 15) is 14.4 Å². The Labute approximate surface area is 131 Å². The largest absolute Gasteiger partial charge is 0.464 e. The maximum absolute atomic E-state index is 12.4. The maximum atomic E-state index is 12.4. The highest BCUT2D eigenvalue weighted by Crippen LogP contribution is 2.19. The van der Waals surface area contributed by atoms with Gasteiger partial charge in [0.05, 0.1) is 12.0 Å². The molecule has 2 aromatic heterocycles. The summed E-state index contributed by atoms with van der Waals surface area (Å²) < 4.78 is 6.07. The predicted octanol–water partition coefficient (Wildman–Crippen LogP) is 2.21. The number of carbonyl (C=O) groups excluding carboxylic acids is 1. The van der Waals surface area contributed by atoms with Gasteiger partial charge in [-0.1, -0.05) is 13.8 Å². The van der Waals surface area contributed by atoms with Crippen molar-refractivity contribution in [2.45, 2.75) is 40.2 Å². The van der Waals surface area contributed by atoms with Gasteiger partial charge in [-0.3, -0.25) is 9.78 Å². The van der Waals surface area contributed by atoms with E-state index in [0.717, 1.165) is 15.9 Å². The SMILES string of the molecule is Cc1cc2c(=O)n(C(C)C(=O)OCCC(C)C)c(=O)[nH]c2s1. The van der Waals surface area contributed by atoms with Gasteiger partial charge >= 0.3 is 11.7 Å². The molecule has 0 aliphatic rings. The Balaban J connectivity index is 2.31. The fraction of sp³-hybridized carbons (Fsp3) is 0.533. The Kier molecular flexibility index (Phi) is 4.85. The van der Waals surface area contributed by atoms with E-state index in [2.05, 4.69) is 4.98 Å². The quantitative estimate of drug-likeness (QED) is 0.855. The second-order valence-electron chi connectivity index (χ2n) is 5.73. The second kappa shape index (κ2) is 6.48. The molecule has 0 bridgehead atoms. The maximum Gasteiger partial charge on any atom is 0.330 e. The first-order valence-electron chi connectivity index (χ1n) is 7.23.